The molecule has 2 atom stereocenters. The lowest BCUT2D eigenvalue weighted by Crippen LogP contribution is -2.35. The number of rotatable bonds is 5. The summed E-state index contributed by atoms with van der Waals surface area (Å²) < 4.78 is 46.4. The van der Waals surface area contributed by atoms with Crippen molar-refractivity contribution in [3.63, 3.8) is 0 Å². The first kappa shape index (κ1) is 25.0. The van der Waals surface area contributed by atoms with Gasteiger partial charge < -0.3 is 25.3 Å². The second kappa shape index (κ2) is 9.85. The molecule has 2 amide bonds. The molecule has 34 heavy (non-hydrogen) atoms. The Balaban J connectivity index is 1.51. The number of thioether (sulfide) groups is 1. The van der Waals surface area contributed by atoms with E-state index >= 15 is 0 Å². The van der Waals surface area contributed by atoms with Gasteiger partial charge in [0.05, 0.1) is 16.7 Å². The minimum absolute atomic E-state index is 0.0193. The number of ether oxygens (including phenoxy) is 1. The fourth-order valence-electron chi connectivity index (χ4n) is 5.05. The van der Waals surface area contributed by atoms with Crippen LogP contribution in [0, 0.1) is 5.92 Å². The maximum absolute atomic E-state index is 13.7. The van der Waals surface area contributed by atoms with E-state index in [-0.39, 0.29) is 29.4 Å². The summed E-state index contributed by atoms with van der Waals surface area (Å²) in [6.07, 6.45) is -0.487. The highest BCUT2D eigenvalue weighted by Crippen LogP contribution is 2.48. The SMILES string of the molecule is CC(C)OC(=O)C1=C(NC(=O)NCc2c(C(F)(F)F)[nH]c3c2CCN(C)C3)SC2CCCCC12. The third-order valence-electron chi connectivity index (χ3n) is 6.56. The molecule has 2 aliphatic heterocycles. The maximum atomic E-state index is 13.7. The van der Waals surface area contributed by atoms with Crippen LogP contribution in [0.15, 0.2) is 10.6 Å². The zero-order chi connectivity index (χ0) is 24.6. The van der Waals surface area contributed by atoms with Crippen molar-refractivity contribution in [2.24, 2.45) is 5.92 Å². The molecule has 1 aromatic heterocycles. The molecule has 7 nitrogen and oxygen atoms in total. The van der Waals surface area contributed by atoms with Crippen molar-refractivity contribution in [2.45, 2.75) is 76.6 Å². The van der Waals surface area contributed by atoms with Crippen LogP contribution in [0.1, 0.15) is 62.0 Å². The minimum atomic E-state index is -4.54. The number of carbonyl (C=O) groups excluding carboxylic acids is 2. The standard InChI is InChI=1S/C23H31F3N4O3S/c1-12(2)33-21(31)18-14-6-4-5-7-17(14)34-20(18)29-22(32)27-10-15-13-8-9-30(3)11-16(13)28-19(15)23(24,25)26/h12,14,17,28H,4-11H2,1-3H3,(H2,27,29,32). The summed E-state index contributed by atoms with van der Waals surface area (Å²) in [5, 5.41) is 5.97. The number of urea groups is 1. The highest BCUT2D eigenvalue weighted by Gasteiger charge is 2.42. The van der Waals surface area contributed by atoms with Crippen LogP contribution >= 0.6 is 11.8 Å². The first-order chi connectivity index (χ1) is 16.0. The number of halogens is 3. The van der Waals surface area contributed by atoms with Crippen LogP contribution in [-0.4, -0.2) is 46.8 Å². The zero-order valence-electron chi connectivity index (χ0n) is 19.6. The van der Waals surface area contributed by atoms with Gasteiger partial charge in [0, 0.05) is 42.1 Å². The number of amides is 2. The normalized spacial score (nSPS) is 23.0. The van der Waals surface area contributed by atoms with Crippen LogP contribution in [-0.2, 0) is 35.2 Å². The Morgan fingerprint density at radius 3 is 2.71 bits per heavy atom. The van der Waals surface area contributed by atoms with Gasteiger partial charge in [-0.15, -0.1) is 11.8 Å². The number of alkyl halides is 3. The Kier molecular flexibility index (Phi) is 7.23. The van der Waals surface area contributed by atoms with Gasteiger partial charge >= 0.3 is 18.2 Å². The van der Waals surface area contributed by atoms with E-state index in [9.17, 15) is 22.8 Å². The first-order valence-electron chi connectivity index (χ1n) is 11.7. The van der Waals surface area contributed by atoms with Gasteiger partial charge in [0.2, 0.25) is 0 Å². The number of hydrogen-bond acceptors (Lipinski definition) is 5. The molecule has 1 saturated carbocycles. The second-order valence-corrected chi connectivity index (χ2v) is 10.7. The van der Waals surface area contributed by atoms with Crippen molar-refractivity contribution in [1.29, 1.82) is 0 Å². The summed E-state index contributed by atoms with van der Waals surface area (Å²) in [7, 11) is 1.86. The number of aromatic amines is 1. The van der Waals surface area contributed by atoms with Gasteiger partial charge in [0.25, 0.3) is 0 Å². The molecule has 3 heterocycles. The molecule has 0 aromatic carbocycles. The fourth-order valence-corrected chi connectivity index (χ4v) is 6.58. The van der Waals surface area contributed by atoms with E-state index in [1.54, 1.807) is 13.8 Å². The summed E-state index contributed by atoms with van der Waals surface area (Å²) in [4.78, 5) is 30.0. The largest absolute Gasteiger partial charge is 0.460 e. The third-order valence-corrected chi connectivity index (χ3v) is 7.99. The summed E-state index contributed by atoms with van der Waals surface area (Å²) in [5.74, 6) is -0.416. The predicted octanol–water partition coefficient (Wildman–Crippen LogP) is 4.29. The molecule has 0 saturated heterocycles. The highest BCUT2D eigenvalue weighted by molar-refractivity contribution is 8.04. The number of likely N-dealkylation sites (N-methyl/N-ethyl adjacent to an activating group) is 1. The van der Waals surface area contributed by atoms with Gasteiger partial charge in [-0.2, -0.15) is 13.2 Å². The van der Waals surface area contributed by atoms with E-state index in [2.05, 4.69) is 15.6 Å². The lowest BCUT2D eigenvalue weighted by Gasteiger charge is -2.25. The fraction of sp³-hybridized carbons (Fsp3) is 0.652. The Morgan fingerprint density at radius 1 is 1.26 bits per heavy atom. The van der Waals surface area contributed by atoms with E-state index in [0.29, 0.717) is 41.4 Å². The van der Waals surface area contributed by atoms with Crippen LogP contribution in [0.2, 0.25) is 0 Å². The average Bonchev–Trinajstić information content (AvgIpc) is 3.29. The molecular weight excluding hydrogens is 469 g/mol. The third kappa shape index (κ3) is 5.25. The average molecular weight is 501 g/mol. The molecule has 2 unspecified atom stereocenters. The number of hydrogen-bond donors (Lipinski definition) is 3. The quantitative estimate of drug-likeness (QED) is 0.525. The van der Waals surface area contributed by atoms with Gasteiger partial charge in [-0.3, -0.25) is 0 Å². The predicted molar refractivity (Wildman–Crippen MR) is 123 cm³/mol. The molecule has 1 aromatic rings. The summed E-state index contributed by atoms with van der Waals surface area (Å²) in [6.45, 7) is 4.33. The first-order valence-corrected chi connectivity index (χ1v) is 12.6. The summed E-state index contributed by atoms with van der Waals surface area (Å²) in [5.41, 5.74) is 0.904. The van der Waals surface area contributed by atoms with Crippen molar-refractivity contribution in [2.75, 3.05) is 13.6 Å². The molecule has 3 N–H and O–H groups in total. The Morgan fingerprint density at radius 2 is 2.00 bits per heavy atom. The Hall–Kier alpha value is -2.14. The monoisotopic (exact) mass is 500 g/mol. The van der Waals surface area contributed by atoms with Gasteiger partial charge in [-0.25, -0.2) is 9.59 Å². The van der Waals surface area contributed by atoms with Crippen molar-refractivity contribution in [3.8, 4) is 0 Å². The highest BCUT2D eigenvalue weighted by atomic mass is 32.2. The maximum Gasteiger partial charge on any atom is 0.431 e. The van der Waals surface area contributed by atoms with Gasteiger partial charge in [0.15, 0.2) is 0 Å². The molecule has 3 aliphatic rings. The van der Waals surface area contributed by atoms with Crippen LogP contribution < -0.4 is 10.6 Å². The summed E-state index contributed by atoms with van der Waals surface area (Å²) in [6, 6.07) is -0.632. The molecule has 11 heteroatoms. The Labute approximate surface area is 201 Å². The number of nitrogens with one attached hydrogen (secondary N) is 3. The van der Waals surface area contributed by atoms with Crippen LogP contribution in [0.5, 0.6) is 0 Å². The lowest BCUT2D eigenvalue weighted by molar-refractivity contribution is -0.143. The van der Waals surface area contributed by atoms with Gasteiger partial charge in [-0.05, 0) is 45.7 Å². The van der Waals surface area contributed by atoms with E-state index in [1.807, 2.05) is 11.9 Å². The van der Waals surface area contributed by atoms with Crippen molar-refractivity contribution < 1.29 is 27.5 Å². The van der Waals surface area contributed by atoms with E-state index in [1.165, 1.54) is 11.8 Å². The molecule has 1 fully saturated rings. The van der Waals surface area contributed by atoms with Crippen LogP contribution in [0.3, 0.4) is 0 Å². The number of aromatic nitrogens is 1. The lowest BCUT2D eigenvalue weighted by atomic mass is 9.84. The zero-order valence-corrected chi connectivity index (χ0v) is 20.4. The van der Waals surface area contributed by atoms with Crippen LogP contribution in [0.4, 0.5) is 18.0 Å². The van der Waals surface area contributed by atoms with Crippen molar-refractivity contribution in [1.82, 2.24) is 20.5 Å². The van der Waals surface area contributed by atoms with Gasteiger partial charge in [-0.1, -0.05) is 12.8 Å². The molecule has 188 valence electrons. The number of fused-ring (bicyclic) bond motifs is 2. The second-order valence-electron chi connectivity index (χ2n) is 9.47. The van der Waals surface area contributed by atoms with E-state index in [4.69, 9.17) is 4.74 Å². The smallest absolute Gasteiger partial charge is 0.431 e. The van der Waals surface area contributed by atoms with E-state index < -0.39 is 23.9 Å². The molecule has 4 rings (SSSR count). The van der Waals surface area contributed by atoms with Gasteiger partial charge in [0.1, 0.15) is 5.69 Å². The molecule has 0 spiro atoms. The molecule has 1 aliphatic carbocycles. The molecule has 0 radical (unpaired) electrons. The minimum Gasteiger partial charge on any atom is -0.460 e. The summed E-state index contributed by atoms with van der Waals surface area (Å²) >= 11 is 1.46. The molecular formula is C23H31F3N4O3S. The van der Waals surface area contributed by atoms with Crippen molar-refractivity contribution in [3.05, 3.63) is 33.1 Å². The van der Waals surface area contributed by atoms with E-state index in [0.717, 1.165) is 25.7 Å². The molecule has 0 bridgehead atoms. The number of esters is 1. The topological polar surface area (TPSA) is 86.5 Å². The van der Waals surface area contributed by atoms with Crippen molar-refractivity contribution >= 4 is 23.8 Å². The Bertz CT molecular complexity index is 989. The van der Waals surface area contributed by atoms with Crippen LogP contribution in [0.25, 0.3) is 0 Å². The number of H-pyrrole nitrogens is 1. The number of nitrogens with zero attached hydrogens (tertiary/aromatic N) is 1. The number of carbonyl (C=O) groups is 2.